The molecule has 12 nitrogen and oxygen atoms in total. The second-order valence-corrected chi connectivity index (χ2v) is 25.4. The first-order valence-electron chi connectivity index (χ1n) is 18.6. The smallest absolute Gasteiger partial charge is 0.269 e. The van der Waals surface area contributed by atoms with Crippen molar-refractivity contribution in [1.82, 2.24) is 0 Å². The third-order valence-electron chi connectivity index (χ3n) is 8.53. The summed E-state index contributed by atoms with van der Waals surface area (Å²) < 4.78 is 67.4. The summed E-state index contributed by atoms with van der Waals surface area (Å²) in [6.45, 7) is 10.4. The maximum Gasteiger partial charge on any atom is 0.269 e. The molecule has 0 N–H and O–H groups in total. The summed E-state index contributed by atoms with van der Waals surface area (Å²) in [6, 6.07) is 2.37. The van der Waals surface area contributed by atoms with Crippen molar-refractivity contribution in [2.75, 3.05) is 80.6 Å². The first-order chi connectivity index (χ1) is 25.1. The van der Waals surface area contributed by atoms with Crippen LogP contribution < -0.4 is 0 Å². The summed E-state index contributed by atoms with van der Waals surface area (Å²) >= 11 is 0. The van der Waals surface area contributed by atoms with E-state index in [1.807, 2.05) is 68.9 Å². The highest BCUT2D eigenvalue weighted by molar-refractivity contribution is 9.26. The fourth-order valence-corrected chi connectivity index (χ4v) is 16.9. The summed E-state index contributed by atoms with van der Waals surface area (Å²) in [7, 11) is 14.8. The molecule has 0 amide bonds. The topological polar surface area (TPSA) is 111 Å². The molecule has 0 aliphatic carbocycles. The normalized spacial score (nSPS) is 15.8. The third-order valence-corrected chi connectivity index (χ3v) is 21.7. The van der Waals surface area contributed by atoms with Crippen molar-refractivity contribution in [2.24, 2.45) is 0 Å². The van der Waals surface area contributed by atoms with Crippen LogP contribution in [0.15, 0.2) is 0 Å². The van der Waals surface area contributed by atoms with E-state index in [1.165, 1.54) is 37.8 Å². The van der Waals surface area contributed by atoms with Crippen molar-refractivity contribution in [2.45, 2.75) is 127 Å². The maximum atomic E-state index is 6.19. The van der Waals surface area contributed by atoms with Crippen LogP contribution in [0.2, 0.25) is 23.2 Å². The van der Waals surface area contributed by atoms with Gasteiger partial charge in [-0.3, -0.25) is 0 Å². The van der Waals surface area contributed by atoms with Crippen LogP contribution in [0.1, 0.15) is 79.1 Å². The SMILES string of the molecule is COC(C)OCCCO[SiH2]CCCC(CCSSSSCCC(CCC[SiH2]OCCCOC(C)OC)[SiH2]OC(C)(OC)OC)[SiH2]OC(C)(OC)OC. The lowest BCUT2D eigenvalue weighted by molar-refractivity contribution is -0.311. The van der Waals surface area contributed by atoms with Crippen LogP contribution in [0.25, 0.3) is 0 Å². The van der Waals surface area contributed by atoms with E-state index in [9.17, 15) is 0 Å². The van der Waals surface area contributed by atoms with Gasteiger partial charge in [0.2, 0.25) is 0 Å². The average molecular weight is 892 g/mol. The van der Waals surface area contributed by atoms with Crippen LogP contribution in [0.4, 0.5) is 0 Å². The molecular formula is C32H74O12S4Si4. The van der Waals surface area contributed by atoms with Gasteiger partial charge in [0.05, 0.1) is 13.2 Å². The Morgan fingerprint density at radius 1 is 0.519 bits per heavy atom. The van der Waals surface area contributed by atoms with E-state index in [2.05, 4.69) is 0 Å². The van der Waals surface area contributed by atoms with Gasteiger partial charge < -0.3 is 55.6 Å². The average Bonchev–Trinajstić information content (AvgIpc) is 3.17. The molecule has 0 bridgehead atoms. The largest absolute Gasteiger partial charge is 0.424 e. The van der Waals surface area contributed by atoms with Crippen molar-refractivity contribution in [3.05, 3.63) is 0 Å². The van der Waals surface area contributed by atoms with E-state index in [0.29, 0.717) is 24.3 Å². The van der Waals surface area contributed by atoms with E-state index in [4.69, 9.17) is 55.6 Å². The van der Waals surface area contributed by atoms with E-state index in [-0.39, 0.29) is 12.6 Å². The summed E-state index contributed by atoms with van der Waals surface area (Å²) in [5, 5.41) is 0. The summed E-state index contributed by atoms with van der Waals surface area (Å²) in [5.41, 5.74) is 1.16. The molecule has 0 saturated heterocycles. The van der Waals surface area contributed by atoms with E-state index in [1.54, 1.807) is 42.7 Å². The number of hydrogen-bond acceptors (Lipinski definition) is 16. The van der Waals surface area contributed by atoms with Gasteiger partial charge in [0.1, 0.15) is 0 Å². The minimum atomic E-state index is -0.953. The summed E-state index contributed by atoms with van der Waals surface area (Å²) in [6.07, 6.45) is 8.50. The zero-order valence-electron chi connectivity index (χ0n) is 34.0. The summed E-state index contributed by atoms with van der Waals surface area (Å²) in [4.78, 5) is 0. The lowest BCUT2D eigenvalue weighted by Gasteiger charge is -2.29. The monoisotopic (exact) mass is 890 g/mol. The fourth-order valence-electron chi connectivity index (χ4n) is 4.53. The highest BCUT2D eigenvalue weighted by Crippen LogP contribution is 2.44. The van der Waals surface area contributed by atoms with Crippen LogP contribution in [0, 0.1) is 0 Å². The molecule has 0 rings (SSSR count). The molecule has 0 aliphatic rings. The third kappa shape index (κ3) is 31.8. The Kier molecular flexibility index (Phi) is 38.4. The number of hydrogen-bond donors (Lipinski definition) is 0. The zero-order valence-corrected chi connectivity index (χ0v) is 42.9. The lowest BCUT2D eigenvalue weighted by atomic mass is 10.2. The lowest BCUT2D eigenvalue weighted by Crippen LogP contribution is -2.35. The molecule has 0 fully saturated rings. The Balaban J connectivity index is 4.44. The number of rotatable bonds is 41. The highest BCUT2D eigenvalue weighted by Gasteiger charge is 2.26. The highest BCUT2D eigenvalue weighted by atomic mass is 33.7. The van der Waals surface area contributed by atoms with E-state index in [0.717, 1.165) is 50.4 Å². The minimum absolute atomic E-state index is 0.159. The van der Waals surface area contributed by atoms with Crippen LogP contribution in [-0.4, -0.2) is 144 Å². The molecule has 0 saturated carbocycles. The fraction of sp³-hybridized carbons (Fsp3) is 1.00. The van der Waals surface area contributed by atoms with Gasteiger partial charge in [0, 0.05) is 81.2 Å². The Morgan fingerprint density at radius 2 is 0.904 bits per heavy atom. The first kappa shape index (κ1) is 53.8. The van der Waals surface area contributed by atoms with Gasteiger partial charge in [-0.15, -0.1) is 0 Å². The molecule has 0 heterocycles. The van der Waals surface area contributed by atoms with Crippen LogP contribution in [0.5, 0.6) is 0 Å². The molecule has 0 aromatic rings. The molecule has 0 spiro atoms. The quantitative estimate of drug-likeness (QED) is 0.0331. The van der Waals surface area contributed by atoms with Crippen LogP contribution >= 0.6 is 41.2 Å². The van der Waals surface area contributed by atoms with Crippen molar-refractivity contribution in [1.29, 1.82) is 0 Å². The molecule has 52 heavy (non-hydrogen) atoms. The van der Waals surface area contributed by atoms with Crippen LogP contribution in [-0.2, 0) is 55.6 Å². The van der Waals surface area contributed by atoms with Gasteiger partial charge in [0.15, 0.2) is 51.6 Å². The summed E-state index contributed by atoms with van der Waals surface area (Å²) in [5.74, 6) is 0.298. The Hall–Kier alpha value is 1.79. The van der Waals surface area contributed by atoms with Crippen molar-refractivity contribution < 1.29 is 55.6 Å². The standard InChI is InChI=1S/C32H74O12S4Si4/c1-27(33-5)39-19-13-21-41-49-25-11-15-29(51-43-31(3,35-7)36-8)17-23-45-47-48-46-24-18-30(52-44-32(4,37-9)38-10)16-12-26-50-42-22-14-20-40-28(2)34-6/h27-30H,11-26,49-52H2,1-10H3. The predicted molar refractivity (Wildman–Crippen MR) is 232 cm³/mol. The number of ether oxygens (including phenoxy) is 8. The first-order valence-corrected chi connectivity index (χ1v) is 29.7. The Labute approximate surface area is 341 Å². The Bertz CT molecular complexity index is 714. The van der Waals surface area contributed by atoms with E-state index < -0.39 is 51.0 Å². The zero-order chi connectivity index (χ0) is 38.8. The minimum Gasteiger partial charge on any atom is -0.424 e. The number of methoxy groups -OCH3 is 6. The molecule has 4 unspecified atom stereocenters. The molecule has 0 aromatic carbocycles. The Morgan fingerprint density at radius 3 is 1.25 bits per heavy atom. The van der Waals surface area contributed by atoms with Crippen molar-refractivity contribution in [3.63, 3.8) is 0 Å². The van der Waals surface area contributed by atoms with Gasteiger partial charge in [-0.1, -0.05) is 47.3 Å². The second-order valence-electron chi connectivity index (χ2n) is 12.5. The van der Waals surface area contributed by atoms with Gasteiger partial charge >= 0.3 is 0 Å². The molecule has 0 aliphatic heterocycles. The molecule has 0 radical (unpaired) electrons. The van der Waals surface area contributed by atoms with Gasteiger partial charge in [-0.2, -0.15) is 0 Å². The van der Waals surface area contributed by atoms with Gasteiger partial charge in [0.25, 0.3) is 11.9 Å². The molecule has 4 atom stereocenters. The van der Waals surface area contributed by atoms with Crippen molar-refractivity contribution >= 4 is 80.3 Å². The van der Waals surface area contributed by atoms with Gasteiger partial charge in [-0.25, -0.2) is 0 Å². The van der Waals surface area contributed by atoms with Crippen molar-refractivity contribution in [3.8, 4) is 0 Å². The molecule has 20 heteroatoms. The molecule has 0 aromatic heterocycles. The predicted octanol–water partition coefficient (Wildman–Crippen LogP) is 5.55. The van der Waals surface area contributed by atoms with E-state index >= 15 is 0 Å². The molecule has 314 valence electrons. The maximum absolute atomic E-state index is 6.19. The molecular weight excluding hydrogens is 817 g/mol. The second kappa shape index (κ2) is 37.1. The van der Waals surface area contributed by atoms with Gasteiger partial charge in [-0.05, 0) is 82.4 Å². The van der Waals surface area contributed by atoms with Crippen LogP contribution in [0.3, 0.4) is 0 Å².